The third kappa shape index (κ3) is 4.92. The summed E-state index contributed by atoms with van der Waals surface area (Å²) in [5.74, 6) is 1.80. The number of nitrogen functional groups attached to an aromatic ring is 2. The van der Waals surface area contributed by atoms with E-state index in [0.717, 1.165) is 61.4 Å². The lowest BCUT2D eigenvalue weighted by Crippen LogP contribution is -1.98. The maximum absolute atomic E-state index is 6.23. The summed E-state index contributed by atoms with van der Waals surface area (Å²) >= 11 is 0. The Hall–Kier alpha value is -2.16. The second kappa shape index (κ2) is 8.47. The molecule has 0 atom stereocenters. The molecule has 0 bridgehead atoms. The molecule has 0 aliphatic carbocycles. The molecule has 0 radical (unpaired) electrons. The van der Waals surface area contributed by atoms with E-state index in [0.29, 0.717) is 0 Å². The molecule has 0 unspecified atom stereocenters. The minimum absolute atomic E-state index is 0.784. The first-order valence-corrected chi connectivity index (χ1v) is 8.58. The van der Waals surface area contributed by atoms with Crippen molar-refractivity contribution in [1.29, 1.82) is 0 Å². The fourth-order valence-electron chi connectivity index (χ4n) is 2.64. The molecule has 0 saturated carbocycles. The molecule has 124 valence electrons. The van der Waals surface area contributed by atoms with E-state index in [-0.39, 0.29) is 0 Å². The predicted molar refractivity (Wildman–Crippen MR) is 99.0 cm³/mol. The summed E-state index contributed by atoms with van der Waals surface area (Å²) in [6.45, 7) is 4.38. The Labute approximate surface area is 139 Å². The third-order valence-electron chi connectivity index (χ3n) is 3.99. The van der Waals surface area contributed by atoms with Gasteiger partial charge in [0.1, 0.15) is 11.5 Å². The van der Waals surface area contributed by atoms with Gasteiger partial charge >= 0.3 is 0 Å². The smallest absolute Gasteiger partial charge is 0.130 e. The highest BCUT2D eigenvalue weighted by Crippen LogP contribution is 2.32. The fraction of sp³-hybridized carbons (Fsp3) is 0.400. The van der Waals surface area contributed by atoms with Crippen molar-refractivity contribution in [3.8, 4) is 11.5 Å². The number of anilines is 2. The van der Waals surface area contributed by atoms with E-state index >= 15 is 0 Å². The van der Waals surface area contributed by atoms with E-state index in [4.69, 9.17) is 16.2 Å². The van der Waals surface area contributed by atoms with Crippen molar-refractivity contribution in [3.63, 3.8) is 0 Å². The summed E-state index contributed by atoms with van der Waals surface area (Å²) < 4.78 is 6.23. The van der Waals surface area contributed by atoms with Gasteiger partial charge in [-0.05, 0) is 73.2 Å². The number of hydrogen-bond donors (Lipinski definition) is 2. The molecule has 0 fully saturated rings. The fourth-order valence-corrected chi connectivity index (χ4v) is 2.64. The average molecular weight is 312 g/mol. The maximum Gasteiger partial charge on any atom is 0.130 e. The van der Waals surface area contributed by atoms with Gasteiger partial charge in [0.05, 0.1) is 0 Å². The lowest BCUT2D eigenvalue weighted by Gasteiger charge is -2.15. The van der Waals surface area contributed by atoms with Crippen molar-refractivity contribution in [2.45, 2.75) is 52.4 Å². The summed E-state index contributed by atoms with van der Waals surface area (Å²) in [6.07, 6.45) is 6.52. The SMILES string of the molecule is CCCCc1cc(N)ccc1Oc1ccc(N)cc1CCCC. The molecule has 2 rings (SSSR count). The van der Waals surface area contributed by atoms with Gasteiger partial charge in [0.25, 0.3) is 0 Å². The van der Waals surface area contributed by atoms with Crippen LogP contribution in [-0.2, 0) is 12.8 Å². The number of hydrogen-bond acceptors (Lipinski definition) is 3. The summed E-state index contributed by atoms with van der Waals surface area (Å²) in [5, 5.41) is 0. The number of rotatable bonds is 8. The van der Waals surface area contributed by atoms with Crippen LogP contribution in [-0.4, -0.2) is 0 Å². The highest BCUT2D eigenvalue weighted by molar-refractivity contribution is 5.52. The molecule has 3 heteroatoms. The zero-order valence-electron chi connectivity index (χ0n) is 14.3. The maximum atomic E-state index is 6.23. The van der Waals surface area contributed by atoms with Gasteiger partial charge in [-0.25, -0.2) is 0 Å². The van der Waals surface area contributed by atoms with Crippen molar-refractivity contribution < 1.29 is 4.74 Å². The van der Waals surface area contributed by atoms with Crippen molar-refractivity contribution in [3.05, 3.63) is 47.5 Å². The number of unbranched alkanes of at least 4 members (excludes halogenated alkanes) is 2. The van der Waals surface area contributed by atoms with Gasteiger partial charge in [-0.15, -0.1) is 0 Å². The van der Waals surface area contributed by atoms with Crippen LogP contribution in [0.4, 0.5) is 11.4 Å². The van der Waals surface area contributed by atoms with E-state index < -0.39 is 0 Å². The zero-order chi connectivity index (χ0) is 16.7. The van der Waals surface area contributed by atoms with Gasteiger partial charge in [-0.2, -0.15) is 0 Å². The highest BCUT2D eigenvalue weighted by atomic mass is 16.5. The summed E-state index contributed by atoms with van der Waals surface area (Å²) in [7, 11) is 0. The number of nitrogens with two attached hydrogens (primary N) is 2. The standard InChI is InChI=1S/C20H28N2O/c1-3-5-7-15-13-17(21)9-11-19(15)23-20-12-10-18(22)14-16(20)8-6-4-2/h9-14H,3-8,21-22H2,1-2H3. The van der Waals surface area contributed by atoms with Gasteiger partial charge in [0, 0.05) is 11.4 Å². The van der Waals surface area contributed by atoms with E-state index in [1.54, 1.807) is 0 Å². The number of ether oxygens (including phenoxy) is 1. The second-order valence-electron chi connectivity index (χ2n) is 6.04. The molecular formula is C20H28N2O. The Bertz CT molecular complexity index is 582. The van der Waals surface area contributed by atoms with Crippen LogP contribution in [0.3, 0.4) is 0 Å². The first-order valence-electron chi connectivity index (χ1n) is 8.58. The summed E-state index contributed by atoms with van der Waals surface area (Å²) in [5.41, 5.74) is 15.8. The van der Waals surface area contributed by atoms with Crippen molar-refractivity contribution >= 4 is 11.4 Å². The van der Waals surface area contributed by atoms with Crippen LogP contribution in [0.5, 0.6) is 11.5 Å². The van der Waals surface area contributed by atoms with Crippen LogP contribution in [0.1, 0.15) is 50.7 Å². The Morgan fingerprint density at radius 3 is 1.57 bits per heavy atom. The topological polar surface area (TPSA) is 61.3 Å². The molecule has 2 aromatic carbocycles. The van der Waals surface area contributed by atoms with Crippen LogP contribution < -0.4 is 16.2 Å². The monoisotopic (exact) mass is 312 g/mol. The quantitative estimate of drug-likeness (QED) is 0.648. The highest BCUT2D eigenvalue weighted by Gasteiger charge is 2.09. The molecule has 0 heterocycles. The molecule has 0 aliphatic heterocycles. The number of aryl methyl sites for hydroxylation is 2. The van der Waals surface area contributed by atoms with Crippen LogP contribution in [0.15, 0.2) is 36.4 Å². The Balaban J connectivity index is 2.27. The van der Waals surface area contributed by atoms with E-state index in [1.165, 1.54) is 11.1 Å². The second-order valence-corrected chi connectivity index (χ2v) is 6.04. The van der Waals surface area contributed by atoms with E-state index in [1.807, 2.05) is 36.4 Å². The Kier molecular flexibility index (Phi) is 6.33. The number of benzene rings is 2. The molecule has 0 aliphatic rings. The van der Waals surface area contributed by atoms with Crippen molar-refractivity contribution in [2.75, 3.05) is 11.5 Å². The van der Waals surface area contributed by atoms with Gasteiger partial charge in [-0.1, -0.05) is 26.7 Å². The molecule has 0 aromatic heterocycles. The van der Waals surface area contributed by atoms with E-state index in [2.05, 4.69) is 13.8 Å². The molecule has 0 spiro atoms. The minimum Gasteiger partial charge on any atom is -0.457 e. The molecule has 0 saturated heterocycles. The molecule has 3 nitrogen and oxygen atoms in total. The first-order chi connectivity index (χ1) is 11.1. The van der Waals surface area contributed by atoms with Crippen LogP contribution in [0.2, 0.25) is 0 Å². The van der Waals surface area contributed by atoms with Crippen LogP contribution in [0.25, 0.3) is 0 Å². The summed E-state index contributed by atoms with van der Waals surface area (Å²) in [6, 6.07) is 11.8. The lowest BCUT2D eigenvalue weighted by atomic mass is 10.1. The lowest BCUT2D eigenvalue weighted by molar-refractivity contribution is 0.468. The van der Waals surface area contributed by atoms with E-state index in [9.17, 15) is 0 Å². The molecule has 23 heavy (non-hydrogen) atoms. The Morgan fingerprint density at radius 2 is 1.17 bits per heavy atom. The third-order valence-corrected chi connectivity index (χ3v) is 3.99. The molecule has 2 aromatic rings. The van der Waals surface area contributed by atoms with Crippen molar-refractivity contribution in [1.82, 2.24) is 0 Å². The van der Waals surface area contributed by atoms with Gasteiger partial charge < -0.3 is 16.2 Å². The first kappa shape index (κ1) is 17.2. The average Bonchev–Trinajstić information content (AvgIpc) is 2.54. The van der Waals surface area contributed by atoms with Gasteiger partial charge in [0.15, 0.2) is 0 Å². The van der Waals surface area contributed by atoms with Crippen molar-refractivity contribution in [2.24, 2.45) is 0 Å². The normalized spacial score (nSPS) is 10.7. The van der Waals surface area contributed by atoms with Crippen LogP contribution in [0, 0.1) is 0 Å². The molecule has 4 N–H and O–H groups in total. The minimum atomic E-state index is 0.784. The van der Waals surface area contributed by atoms with Gasteiger partial charge in [-0.3, -0.25) is 0 Å². The predicted octanol–water partition coefficient (Wildman–Crippen LogP) is 5.33. The zero-order valence-corrected chi connectivity index (χ0v) is 14.3. The van der Waals surface area contributed by atoms with Crippen LogP contribution >= 0.6 is 0 Å². The Morgan fingerprint density at radius 1 is 0.739 bits per heavy atom. The molecule has 0 amide bonds. The van der Waals surface area contributed by atoms with Gasteiger partial charge in [0.2, 0.25) is 0 Å². The molecular weight excluding hydrogens is 284 g/mol. The largest absolute Gasteiger partial charge is 0.457 e. The summed E-state index contributed by atoms with van der Waals surface area (Å²) in [4.78, 5) is 0.